The SMILES string of the molecule is CCCCCCCC(=O)NNC(=O)c1ccc(OC)c(OC)c1. The molecule has 0 heterocycles. The van der Waals surface area contributed by atoms with Gasteiger partial charge in [-0.1, -0.05) is 32.6 Å². The van der Waals surface area contributed by atoms with Gasteiger partial charge in [0.15, 0.2) is 11.5 Å². The molecule has 0 aliphatic heterocycles. The van der Waals surface area contributed by atoms with Crippen LogP contribution in [0.2, 0.25) is 0 Å². The van der Waals surface area contributed by atoms with Crippen LogP contribution in [0.25, 0.3) is 0 Å². The van der Waals surface area contributed by atoms with Crippen molar-refractivity contribution in [1.29, 1.82) is 0 Å². The lowest BCUT2D eigenvalue weighted by molar-refractivity contribution is -0.122. The third-order valence-electron chi connectivity index (χ3n) is 3.47. The Morgan fingerprint density at radius 2 is 1.65 bits per heavy atom. The molecule has 0 bridgehead atoms. The second-order valence-corrected chi connectivity index (χ2v) is 5.24. The first kappa shape index (κ1) is 18.8. The van der Waals surface area contributed by atoms with Crippen LogP contribution < -0.4 is 20.3 Å². The predicted molar refractivity (Wildman–Crippen MR) is 88.5 cm³/mol. The summed E-state index contributed by atoms with van der Waals surface area (Å²) in [6.07, 6.45) is 5.78. The van der Waals surface area contributed by atoms with Crippen molar-refractivity contribution in [1.82, 2.24) is 10.9 Å². The Labute approximate surface area is 137 Å². The molecule has 1 aromatic carbocycles. The van der Waals surface area contributed by atoms with Crippen LogP contribution in [-0.2, 0) is 4.79 Å². The predicted octanol–water partition coefficient (Wildman–Crippen LogP) is 2.83. The zero-order chi connectivity index (χ0) is 17.1. The van der Waals surface area contributed by atoms with E-state index < -0.39 is 5.91 Å². The molecule has 0 saturated heterocycles. The zero-order valence-electron chi connectivity index (χ0n) is 14.1. The summed E-state index contributed by atoms with van der Waals surface area (Å²) in [5, 5.41) is 0. The summed E-state index contributed by atoms with van der Waals surface area (Å²) < 4.78 is 10.3. The molecule has 128 valence electrons. The van der Waals surface area contributed by atoms with E-state index in [4.69, 9.17) is 9.47 Å². The number of hydrazine groups is 1. The van der Waals surface area contributed by atoms with E-state index in [1.54, 1.807) is 18.2 Å². The van der Waals surface area contributed by atoms with E-state index in [-0.39, 0.29) is 5.91 Å². The van der Waals surface area contributed by atoms with Crippen molar-refractivity contribution in [2.24, 2.45) is 0 Å². The highest BCUT2D eigenvalue weighted by Gasteiger charge is 2.11. The Morgan fingerprint density at radius 1 is 0.957 bits per heavy atom. The van der Waals surface area contributed by atoms with Crippen LogP contribution >= 0.6 is 0 Å². The molecule has 0 atom stereocenters. The number of unbranched alkanes of at least 4 members (excludes halogenated alkanes) is 4. The van der Waals surface area contributed by atoms with Crippen LogP contribution in [0.5, 0.6) is 11.5 Å². The molecule has 0 spiro atoms. The molecule has 2 N–H and O–H groups in total. The normalized spacial score (nSPS) is 10.0. The van der Waals surface area contributed by atoms with Gasteiger partial charge in [0, 0.05) is 12.0 Å². The average molecular weight is 322 g/mol. The molecule has 0 aromatic heterocycles. The van der Waals surface area contributed by atoms with Crippen LogP contribution in [0.1, 0.15) is 55.8 Å². The monoisotopic (exact) mass is 322 g/mol. The second kappa shape index (κ2) is 10.5. The number of hydrogen-bond donors (Lipinski definition) is 2. The van der Waals surface area contributed by atoms with Gasteiger partial charge in [0.2, 0.25) is 5.91 Å². The Hall–Kier alpha value is -2.24. The summed E-state index contributed by atoms with van der Waals surface area (Å²) in [5.74, 6) is 0.420. The summed E-state index contributed by atoms with van der Waals surface area (Å²) in [4.78, 5) is 23.7. The maximum absolute atomic E-state index is 12.0. The number of benzene rings is 1. The van der Waals surface area contributed by atoms with E-state index in [1.165, 1.54) is 27.1 Å². The van der Waals surface area contributed by atoms with Gasteiger partial charge in [0.1, 0.15) is 0 Å². The van der Waals surface area contributed by atoms with Gasteiger partial charge in [-0.05, 0) is 24.6 Å². The molecule has 0 radical (unpaired) electrons. The smallest absolute Gasteiger partial charge is 0.269 e. The minimum Gasteiger partial charge on any atom is -0.493 e. The largest absolute Gasteiger partial charge is 0.493 e. The molecular weight excluding hydrogens is 296 g/mol. The van der Waals surface area contributed by atoms with Gasteiger partial charge in [0.05, 0.1) is 14.2 Å². The Kier molecular flexibility index (Phi) is 8.57. The minimum atomic E-state index is -0.398. The molecule has 0 saturated carbocycles. The number of nitrogens with one attached hydrogen (secondary N) is 2. The minimum absolute atomic E-state index is 0.185. The molecule has 0 aliphatic carbocycles. The highest BCUT2D eigenvalue weighted by Crippen LogP contribution is 2.27. The van der Waals surface area contributed by atoms with Crippen LogP contribution in [0.3, 0.4) is 0 Å². The molecule has 23 heavy (non-hydrogen) atoms. The fourth-order valence-electron chi connectivity index (χ4n) is 2.13. The quantitative estimate of drug-likeness (QED) is 0.541. The van der Waals surface area contributed by atoms with Crippen LogP contribution in [-0.4, -0.2) is 26.0 Å². The third-order valence-corrected chi connectivity index (χ3v) is 3.47. The van der Waals surface area contributed by atoms with Gasteiger partial charge in [-0.3, -0.25) is 20.4 Å². The van der Waals surface area contributed by atoms with E-state index in [1.807, 2.05) is 0 Å². The molecule has 6 heteroatoms. The number of carbonyl (C=O) groups is 2. The number of ether oxygens (including phenoxy) is 2. The molecule has 0 fully saturated rings. The lowest BCUT2D eigenvalue weighted by atomic mass is 10.1. The van der Waals surface area contributed by atoms with E-state index in [0.717, 1.165) is 19.3 Å². The summed E-state index contributed by atoms with van der Waals surface area (Å²) in [5.41, 5.74) is 5.21. The first-order valence-corrected chi connectivity index (χ1v) is 7.93. The Balaban J connectivity index is 2.40. The van der Waals surface area contributed by atoms with Gasteiger partial charge in [-0.25, -0.2) is 0 Å². The van der Waals surface area contributed by atoms with Crippen molar-refractivity contribution in [3.8, 4) is 11.5 Å². The molecule has 1 rings (SSSR count). The van der Waals surface area contributed by atoms with E-state index in [0.29, 0.717) is 23.5 Å². The van der Waals surface area contributed by atoms with Crippen LogP contribution in [0.4, 0.5) is 0 Å². The number of carbonyl (C=O) groups excluding carboxylic acids is 2. The summed E-state index contributed by atoms with van der Waals surface area (Å²) in [7, 11) is 3.03. The summed E-state index contributed by atoms with van der Waals surface area (Å²) in [6.45, 7) is 2.15. The summed E-state index contributed by atoms with van der Waals surface area (Å²) >= 11 is 0. The average Bonchev–Trinajstić information content (AvgIpc) is 2.58. The number of rotatable bonds is 9. The van der Waals surface area contributed by atoms with E-state index >= 15 is 0 Å². The topological polar surface area (TPSA) is 76.7 Å². The molecule has 0 unspecified atom stereocenters. The molecule has 0 aliphatic rings. The van der Waals surface area contributed by atoms with Gasteiger partial charge in [0.25, 0.3) is 5.91 Å². The van der Waals surface area contributed by atoms with Crippen molar-refractivity contribution in [3.63, 3.8) is 0 Å². The molecular formula is C17H26N2O4. The van der Waals surface area contributed by atoms with Crippen molar-refractivity contribution in [3.05, 3.63) is 23.8 Å². The van der Waals surface area contributed by atoms with Gasteiger partial charge >= 0.3 is 0 Å². The Morgan fingerprint density at radius 3 is 2.30 bits per heavy atom. The maximum atomic E-state index is 12.0. The lowest BCUT2D eigenvalue weighted by Gasteiger charge is -2.10. The highest BCUT2D eigenvalue weighted by atomic mass is 16.5. The van der Waals surface area contributed by atoms with Crippen LogP contribution in [0.15, 0.2) is 18.2 Å². The van der Waals surface area contributed by atoms with Crippen molar-refractivity contribution >= 4 is 11.8 Å². The first-order valence-electron chi connectivity index (χ1n) is 7.93. The summed E-state index contributed by atoms with van der Waals surface area (Å²) in [6, 6.07) is 4.81. The fraction of sp³-hybridized carbons (Fsp3) is 0.529. The van der Waals surface area contributed by atoms with Crippen molar-refractivity contribution < 1.29 is 19.1 Å². The number of amides is 2. The standard InChI is InChI=1S/C17H26N2O4/c1-4-5-6-7-8-9-16(20)18-19-17(21)13-10-11-14(22-2)15(12-13)23-3/h10-12H,4-9H2,1-3H3,(H,18,20)(H,19,21). The third kappa shape index (κ3) is 6.59. The van der Waals surface area contributed by atoms with E-state index in [9.17, 15) is 9.59 Å². The van der Waals surface area contributed by atoms with E-state index in [2.05, 4.69) is 17.8 Å². The lowest BCUT2D eigenvalue weighted by Crippen LogP contribution is -2.41. The van der Waals surface area contributed by atoms with Crippen molar-refractivity contribution in [2.45, 2.75) is 45.4 Å². The Bertz CT molecular complexity index is 517. The van der Waals surface area contributed by atoms with Gasteiger partial charge in [-0.15, -0.1) is 0 Å². The maximum Gasteiger partial charge on any atom is 0.269 e. The fourth-order valence-corrected chi connectivity index (χ4v) is 2.13. The van der Waals surface area contributed by atoms with Crippen molar-refractivity contribution in [2.75, 3.05) is 14.2 Å². The molecule has 1 aromatic rings. The second-order valence-electron chi connectivity index (χ2n) is 5.24. The van der Waals surface area contributed by atoms with Crippen LogP contribution in [0, 0.1) is 0 Å². The molecule has 2 amide bonds. The number of hydrogen-bond acceptors (Lipinski definition) is 4. The highest BCUT2D eigenvalue weighted by molar-refractivity contribution is 5.96. The number of methoxy groups -OCH3 is 2. The molecule has 6 nitrogen and oxygen atoms in total. The zero-order valence-corrected chi connectivity index (χ0v) is 14.1. The van der Waals surface area contributed by atoms with Gasteiger partial charge in [-0.2, -0.15) is 0 Å². The van der Waals surface area contributed by atoms with Gasteiger partial charge < -0.3 is 9.47 Å². The first-order chi connectivity index (χ1) is 11.1.